The first-order valence-electron chi connectivity index (χ1n) is 6.11. The summed E-state index contributed by atoms with van der Waals surface area (Å²) in [7, 11) is 2.11. The third-order valence-electron chi connectivity index (χ3n) is 3.26. The molecule has 0 saturated carbocycles. The van der Waals surface area contributed by atoms with E-state index in [0.29, 0.717) is 6.04 Å². The van der Waals surface area contributed by atoms with Gasteiger partial charge in [0.1, 0.15) is 0 Å². The fraction of sp³-hybridized carbons (Fsp3) is 0.571. The zero-order valence-electron chi connectivity index (χ0n) is 10.8. The molecule has 16 heavy (non-hydrogen) atoms. The number of aliphatic hydroxyl groups excluding tert-OH is 1. The van der Waals surface area contributed by atoms with Gasteiger partial charge in [-0.2, -0.15) is 0 Å². The number of anilines is 1. The van der Waals surface area contributed by atoms with Crippen LogP contribution in [0.4, 0.5) is 5.69 Å². The van der Waals surface area contributed by atoms with E-state index in [1.54, 1.807) is 0 Å². The van der Waals surface area contributed by atoms with E-state index in [-0.39, 0.29) is 0 Å². The highest BCUT2D eigenvalue weighted by Gasteiger charge is 2.15. The Bertz CT molecular complexity index is 318. The molecule has 0 aliphatic rings. The van der Waals surface area contributed by atoms with Gasteiger partial charge in [0.25, 0.3) is 0 Å². The monoisotopic (exact) mass is 221 g/mol. The Morgan fingerprint density at radius 3 is 2.25 bits per heavy atom. The predicted octanol–water partition coefficient (Wildman–Crippen LogP) is 3.36. The molecule has 0 fully saturated rings. The van der Waals surface area contributed by atoms with Crippen molar-refractivity contribution < 1.29 is 5.11 Å². The normalized spacial score (nSPS) is 12.9. The molecule has 90 valence electrons. The minimum absolute atomic E-state index is 0.409. The van der Waals surface area contributed by atoms with Crippen LogP contribution in [0.25, 0.3) is 0 Å². The number of benzene rings is 1. The van der Waals surface area contributed by atoms with Gasteiger partial charge in [-0.25, -0.2) is 0 Å². The average Bonchev–Trinajstić information content (AvgIpc) is 2.30. The molecule has 1 aromatic carbocycles. The topological polar surface area (TPSA) is 23.5 Å². The maximum Gasteiger partial charge on any atom is 0.0781 e. The molecule has 0 aliphatic carbocycles. The summed E-state index contributed by atoms with van der Waals surface area (Å²) in [6.45, 7) is 6.23. The van der Waals surface area contributed by atoms with Crippen molar-refractivity contribution >= 4 is 5.69 Å². The van der Waals surface area contributed by atoms with Gasteiger partial charge in [-0.05, 0) is 25.8 Å². The van der Waals surface area contributed by atoms with E-state index in [4.69, 9.17) is 0 Å². The molecule has 0 radical (unpaired) electrons. The zero-order valence-corrected chi connectivity index (χ0v) is 10.8. The molecule has 2 heteroatoms. The maximum atomic E-state index is 9.75. The summed E-state index contributed by atoms with van der Waals surface area (Å²) in [5.74, 6) is 0. The fourth-order valence-corrected chi connectivity index (χ4v) is 2.20. The van der Waals surface area contributed by atoms with Crippen molar-refractivity contribution in [2.45, 2.75) is 45.8 Å². The largest absolute Gasteiger partial charge is 0.389 e. The summed E-state index contributed by atoms with van der Waals surface area (Å²) in [6, 6.07) is 8.63. The second-order valence-corrected chi connectivity index (χ2v) is 4.32. The first-order chi connectivity index (χ1) is 7.61. The highest BCUT2D eigenvalue weighted by Crippen LogP contribution is 2.27. The molecular formula is C14H23NO. The molecule has 0 saturated heterocycles. The Balaban J connectivity index is 3.02. The highest BCUT2D eigenvalue weighted by molar-refractivity contribution is 5.54. The van der Waals surface area contributed by atoms with Crippen molar-refractivity contribution in [1.29, 1.82) is 0 Å². The van der Waals surface area contributed by atoms with Gasteiger partial charge < -0.3 is 10.0 Å². The van der Waals surface area contributed by atoms with Gasteiger partial charge >= 0.3 is 0 Å². The summed E-state index contributed by atoms with van der Waals surface area (Å²) in [6.07, 6.45) is 1.84. The Morgan fingerprint density at radius 2 is 1.75 bits per heavy atom. The Labute approximate surface area is 98.9 Å². The summed E-state index contributed by atoms with van der Waals surface area (Å²) < 4.78 is 0. The predicted molar refractivity (Wildman–Crippen MR) is 69.8 cm³/mol. The standard InChI is InChI=1S/C14H23NO/c1-5-12(6-2)15(4)14-10-8-7-9-13(14)11(3)16/h7-12,16H,5-6H2,1-4H3/t11-/m0/s1. The van der Waals surface area contributed by atoms with Crippen LogP contribution in [0.15, 0.2) is 24.3 Å². The van der Waals surface area contributed by atoms with Crippen LogP contribution < -0.4 is 4.90 Å². The molecule has 0 heterocycles. The zero-order chi connectivity index (χ0) is 12.1. The SMILES string of the molecule is CCC(CC)N(C)c1ccccc1[C@H](C)O. The number of rotatable bonds is 5. The summed E-state index contributed by atoms with van der Waals surface area (Å²) in [5, 5.41) is 9.75. The lowest BCUT2D eigenvalue weighted by atomic mass is 10.0. The molecule has 0 aliphatic heterocycles. The molecule has 1 rings (SSSR count). The van der Waals surface area contributed by atoms with E-state index < -0.39 is 6.10 Å². The van der Waals surface area contributed by atoms with Crippen molar-refractivity contribution in [1.82, 2.24) is 0 Å². The highest BCUT2D eigenvalue weighted by atomic mass is 16.3. The minimum Gasteiger partial charge on any atom is -0.389 e. The van der Waals surface area contributed by atoms with Crippen LogP contribution in [-0.4, -0.2) is 18.2 Å². The lowest BCUT2D eigenvalue weighted by Crippen LogP contribution is -2.31. The summed E-state index contributed by atoms with van der Waals surface area (Å²) in [5.41, 5.74) is 2.16. The summed E-state index contributed by atoms with van der Waals surface area (Å²) >= 11 is 0. The van der Waals surface area contributed by atoms with Gasteiger partial charge in [0, 0.05) is 24.3 Å². The lowest BCUT2D eigenvalue weighted by molar-refractivity contribution is 0.199. The quantitative estimate of drug-likeness (QED) is 0.824. The van der Waals surface area contributed by atoms with E-state index in [1.807, 2.05) is 25.1 Å². The molecule has 1 atom stereocenters. The molecule has 0 aromatic heterocycles. The molecule has 0 spiro atoms. The van der Waals surface area contributed by atoms with E-state index in [9.17, 15) is 5.11 Å². The van der Waals surface area contributed by atoms with Crippen LogP contribution in [0.3, 0.4) is 0 Å². The van der Waals surface area contributed by atoms with Gasteiger partial charge in [0.05, 0.1) is 6.10 Å². The molecule has 2 nitrogen and oxygen atoms in total. The molecule has 0 amide bonds. The lowest BCUT2D eigenvalue weighted by Gasteiger charge is -2.30. The van der Waals surface area contributed by atoms with Crippen LogP contribution >= 0.6 is 0 Å². The van der Waals surface area contributed by atoms with E-state index in [1.165, 1.54) is 0 Å². The van der Waals surface area contributed by atoms with Gasteiger partial charge in [-0.3, -0.25) is 0 Å². The van der Waals surface area contributed by atoms with Crippen molar-refractivity contribution in [3.63, 3.8) is 0 Å². The van der Waals surface area contributed by atoms with Crippen molar-refractivity contribution in [2.24, 2.45) is 0 Å². The van der Waals surface area contributed by atoms with Crippen LogP contribution in [-0.2, 0) is 0 Å². The maximum absolute atomic E-state index is 9.75. The van der Waals surface area contributed by atoms with Crippen LogP contribution in [0, 0.1) is 0 Å². The molecule has 1 aromatic rings. The van der Waals surface area contributed by atoms with E-state index in [2.05, 4.69) is 31.9 Å². The smallest absolute Gasteiger partial charge is 0.0781 e. The fourth-order valence-electron chi connectivity index (χ4n) is 2.20. The first-order valence-corrected chi connectivity index (χ1v) is 6.11. The Hall–Kier alpha value is -1.02. The van der Waals surface area contributed by atoms with Crippen molar-refractivity contribution in [2.75, 3.05) is 11.9 Å². The number of para-hydroxylation sites is 1. The summed E-state index contributed by atoms with van der Waals surface area (Å²) in [4.78, 5) is 2.28. The van der Waals surface area contributed by atoms with E-state index >= 15 is 0 Å². The molecular weight excluding hydrogens is 198 g/mol. The minimum atomic E-state index is -0.409. The number of nitrogens with zero attached hydrogens (tertiary/aromatic N) is 1. The van der Waals surface area contributed by atoms with Gasteiger partial charge in [0.15, 0.2) is 0 Å². The van der Waals surface area contributed by atoms with Crippen LogP contribution in [0.5, 0.6) is 0 Å². The number of aliphatic hydroxyl groups is 1. The van der Waals surface area contributed by atoms with E-state index in [0.717, 1.165) is 24.1 Å². The van der Waals surface area contributed by atoms with Gasteiger partial charge in [-0.15, -0.1) is 0 Å². The van der Waals surface area contributed by atoms with Crippen LogP contribution in [0.1, 0.15) is 45.3 Å². The number of hydrogen-bond donors (Lipinski definition) is 1. The third-order valence-corrected chi connectivity index (χ3v) is 3.26. The number of hydrogen-bond acceptors (Lipinski definition) is 2. The Kier molecular flexibility index (Phi) is 4.81. The third kappa shape index (κ3) is 2.76. The van der Waals surface area contributed by atoms with Crippen molar-refractivity contribution in [3.8, 4) is 0 Å². The Morgan fingerprint density at radius 1 is 1.19 bits per heavy atom. The molecule has 0 unspecified atom stereocenters. The van der Waals surface area contributed by atoms with Gasteiger partial charge in [-0.1, -0.05) is 32.0 Å². The first kappa shape index (κ1) is 13.0. The molecule has 1 N–H and O–H groups in total. The average molecular weight is 221 g/mol. The second-order valence-electron chi connectivity index (χ2n) is 4.32. The van der Waals surface area contributed by atoms with Crippen molar-refractivity contribution in [3.05, 3.63) is 29.8 Å². The second kappa shape index (κ2) is 5.90. The van der Waals surface area contributed by atoms with Crippen LogP contribution in [0.2, 0.25) is 0 Å². The van der Waals surface area contributed by atoms with Gasteiger partial charge in [0.2, 0.25) is 0 Å². The molecule has 0 bridgehead atoms.